The number of amides is 1. The molecule has 1 rings (SSSR count). The van der Waals surface area contributed by atoms with Gasteiger partial charge in [0, 0.05) is 13.1 Å². The number of carbonyl (C=O) groups is 1. The summed E-state index contributed by atoms with van der Waals surface area (Å²) in [4.78, 5) is 14.0. The molecule has 6 nitrogen and oxygen atoms in total. The van der Waals surface area contributed by atoms with Crippen molar-refractivity contribution in [3.8, 4) is 0 Å². The number of aryl methyl sites for hydroxylation is 2. The normalized spacial score (nSPS) is 11.6. The Hall–Kier alpha value is -1.31. The van der Waals surface area contributed by atoms with Crippen LogP contribution in [0.15, 0.2) is 12.1 Å². The minimum absolute atomic E-state index is 0.296. The molecule has 0 aliphatic rings. The number of rotatable bonds is 7. The predicted octanol–water partition coefficient (Wildman–Crippen LogP) is 1.40. The second-order valence-corrected chi connectivity index (χ2v) is 8.15. The van der Waals surface area contributed by atoms with Crippen LogP contribution in [-0.2, 0) is 14.8 Å². The van der Waals surface area contributed by atoms with E-state index in [2.05, 4.69) is 5.32 Å². The fourth-order valence-electron chi connectivity index (χ4n) is 2.19. The van der Waals surface area contributed by atoms with Crippen LogP contribution in [-0.4, -0.2) is 59.2 Å². The summed E-state index contributed by atoms with van der Waals surface area (Å²) in [5.74, 6) is -0.367. The molecule has 0 fully saturated rings. The first-order valence-corrected chi connectivity index (χ1v) is 9.41. The van der Waals surface area contributed by atoms with E-state index in [1.807, 2.05) is 32.0 Å². The van der Waals surface area contributed by atoms with Crippen molar-refractivity contribution < 1.29 is 13.2 Å². The molecule has 1 amide bonds. The van der Waals surface area contributed by atoms with Gasteiger partial charge in [-0.1, -0.05) is 17.7 Å². The highest BCUT2D eigenvalue weighted by Crippen LogP contribution is 2.32. The third-order valence-corrected chi connectivity index (χ3v) is 4.62. The van der Waals surface area contributed by atoms with Gasteiger partial charge in [-0.25, -0.2) is 8.42 Å². The quantitative estimate of drug-likeness (QED) is 0.797. The summed E-state index contributed by atoms with van der Waals surface area (Å²) in [6.45, 7) is 4.48. The van der Waals surface area contributed by atoms with Crippen molar-refractivity contribution in [2.24, 2.45) is 0 Å². The van der Waals surface area contributed by atoms with Crippen LogP contribution in [0.25, 0.3) is 0 Å². The maximum Gasteiger partial charge on any atom is 0.240 e. The second-order valence-electron chi connectivity index (χ2n) is 5.84. The molecule has 1 aromatic rings. The van der Waals surface area contributed by atoms with Crippen molar-refractivity contribution in [1.82, 2.24) is 10.2 Å². The smallest absolute Gasteiger partial charge is 0.240 e. The minimum atomic E-state index is -3.63. The molecule has 0 aromatic heterocycles. The molecule has 130 valence electrons. The number of halogens is 1. The highest BCUT2D eigenvalue weighted by molar-refractivity contribution is 7.92. The second kappa shape index (κ2) is 7.99. The van der Waals surface area contributed by atoms with E-state index in [-0.39, 0.29) is 12.5 Å². The summed E-state index contributed by atoms with van der Waals surface area (Å²) in [5.41, 5.74) is 1.99. The van der Waals surface area contributed by atoms with Crippen LogP contribution in [0.3, 0.4) is 0 Å². The number of nitrogens with zero attached hydrogens (tertiary/aromatic N) is 2. The molecule has 0 saturated heterocycles. The first-order valence-electron chi connectivity index (χ1n) is 7.18. The van der Waals surface area contributed by atoms with Gasteiger partial charge in [0.2, 0.25) is 15.9 Å². The van der Waals surface area contributed by atoms with E-state index in [1.165, 1.54) is 0 Å². The van der Waals surface area contributed by atoms with Gasteiger partial charge in [-0.2, -0.15) is 0 Å². The molecule has 0 radical (unpaired) electrons. The molecule has 0 aliphatic carbocycles. The zero-order chi connectivity index (χ0) is 17.8. The molecule has 1 N–H and O–H groups in total. The van der Waals surface area contributed by atoms with Crippen LogP contribution >= 0.6 is 11.6 Å². The van der Waals surface area contributed by atoms with Gasteiger partial charge in [-0.3, -0.25) is 9.10 Å². The highest BCUT2D eigenvalue weighted by atomic mass is 35.5. The van der Waals surface area contributed by atoms with E-state index in [0.717, 1.165) is 16.1 Å². The first kappa shape index (κ1) is 19.7. The maximum absolute atomic E-state index is 12.1. The molecule has 0 unspecified atom stereocenters. The fraction of sp³-hybridized carbons (Fsp3) is 0.533. The highest BCUT2D eigenvalue weighted by Gasteiger charge is 2.24. The van der Waals surface area contributed by atoms with Crippen molar-refractivity contribution in [3.05, 3.63) is 28.3 Å². The van der Waals surface area contributed by atoms with Crippen molar-refractivity contribution in [2.75, 3.05) is 44.3 Å². The molecular weight excluding hydrogens is 338 g/mol. The van der Waals surface area contributed by atoms with Crippen LogP contribution in [0, 0.1) is 13.8 Å². The molecule has 23 heavy (non-hydrogen) atoms. The lowest BCUT2D eigenvalue weighted by atomic mass is 10.1. The average Bonchev–Trinajstić information content (AvgIpc) is 2.34. The standard InChI is InChI=1S/C15H24ClN3O3S/c1-11-8-12(2)15(13(16)9-11)19(23(5,21)22)10-14(20)17-6-7-18(3)4/h8-9H,6-7,10H2,1-5H3,(H,17,20). The van der Waals surface area contributed by atoms with Gasteiger partial charge in [-0.15, -0.1) is 0 Å². The number of nitrogens with one attached hydrogen (secondary N) is 1. The number of likely N-dealkylation sites (N-methyl/N-ethyl adjacent to an activating group) is 1. The Labute approximate surface area is 143 Å². The van der Waals surface area contributed by atoms with E-state index in [9.17, 15) is 13.2 Å². The zero-order valence-corrected chi connectivity index (χ0v) is 15.8. The molecule has 0 aliphatic heterocycles. The van der Waals surface area contributed by atoms with Gasteiger partial charge in [0.25, 0.3) is 0 Å². The van der Waals surface area contributed by atoms with Gasteiger partial charge < -0.3 is 10.2 Å². The molecular formula is C15H24ClN3O3S. The van der Waals surface area contributed by atoms with Gasteiger partial charge in [0.1, 0.15) is 6.54 Å². The summed E-state index contributed by atoms with van der Waals surface area (Å²) >= 11 is 6.22. The summed E-state index contributed by atoms with van der Waals surface area (Å²) in [6, 6.07) is 3.52. The predicted molar refractivity (Wildman–Crippen MR) is 94.7 cm³/mol. The van der Waals surface area contributed by atoms with Crippen LogP contribution < -0.4 is 9.62 Å². The summed E-state index contributed by atoms with van der Waals surface area (Å²) < 4.78 is 25.3. The van der Waals surface area contributed by atoms with E-state index in [4.69, 9.17) is 11.6 Å². The Morgan fingerprint density at radius 2 is 1.87 bits per heavy atom. The molecule has 0 saturated carbocycles. The van der Waals surface area contributed by atoms with Crippen LogP contribution in [0.4, 0.5) is 5.69 Å². The van der Waals surface area contributed by atoms with Crippen LogP contribution in [0.1, 0.15) is 11.1 Å². The summed E-state index contributed by atoms with van der Waals surface area (Å²) in [6.07, 6.45) is 1.07. The summed E-state index contributed by atoms with van der Waals surface area (Å²) in [5, 5.41) is 3.02. The van der Waals surface area contributed by atoms with Crippen molar-refractivity contribution >= 4 is 33.2 Å². The third kappa shape index (κ3) is 6.01. The van der Waals surface area contributed by atoms with Gasteiger partial charge >= 0.3 is 0 Å². The Balaban J connectivity index is 3.02. The average molecular weight is 362 g/mol. The van der Waals surface area contributed by atoms with Crippen LogP contribution in [0.5, 0.6) is 0 Å². The van der Waals surface area contributed by atoms with E-state index in [1.54, 1.807) is 13.0 Å². The lowest BCUT2D eigenvalue weighted by molar-refractivity contribution is -0.119. The molecule has 0 spiro atoms. The number of carbonyl (C=O) groups excluding carboxylic acids is 1. The molecule has 0 heterocycles. The number of benzene rings is 1. The summed E-state index contributed by atoms with van der Waals surface area (Å²) in [7, 11) is 0.152. The first-order chi connectivity index (χ1) is 10.5. The topological polar surface area (TPSA) is 69.7 Å². The Bertz CT molecular complexity index is 652. The molecule has 1 aromatic carbocycles. The van der Waals surface area contributed by atoms with Crippen molar-refractivity contribution in [1.29, 1.82) is 0 Å². The van der Waals surface area contributed by atoms with Crippen molar-refractivity contribution in [2.45, 2.75) is 13.8 Å². The fourth-order valence-corrected chi connectivity index (χ4v) is 3.59. The van der Waals surface area contributed by atoms with Crippen molar-refractivity contribution in [3.63, 3.8) is 0 Å². The number of hydrogen-bond donors (Lipinski definition) is 1. The lowest BCUT2D eigenvalue weighted by Gasteiger charge is -2.25. The van der Waals surface area contributed by atoms with E-state index < -0.39 is 10.0 Å². The Morgan fingerprint density at radius 1 is 1.26 bits per heavy atom. The van der Waals surface area contributed by atoms with E-state index in [0.29, 0.717) is 29.4 Å². The van der Waals surface area contributed by atoms with Gasteiger partial charge in [-0.05, 0) is 45.1 Å². The Morgan fingerprint density at radius 3 is 2.35 bits per heavy atom. The largest absolute Gasteiger partial charge is 0.353 e. The van der Waals surface area contributed by atoms with Gasteiger partial charge in [0.15, 0.2) is 0 Å². The zero-order valence-electron chi connectivity index (χ0n) is 14.2. The maximum atomic E-state index is 12.1. The third-order valence-electron chi connectivity index (χ3n) is 3.22. The number of anilines is 1. The number of sulfonamides is 1. The van der Waals surface area contributed by atoms with Gasteiger partial charge in [0.05, 0.1) is 17.0 Å². The SMILES string of the molecule is Cc1cc(C)c(N(CC(=O)NCCN(C)C)S(C)(=O)=O)c(Cl)c1. The number of hydrogen-bond acceptors (Lipinski definition) is 4. The molecule has 0 bridgehead atoms. The monoisotopic (exact) mass is 361 g/mol. The minimum Gasteiger partial charge on any atom is -0.353 e. The Kier molecular flexibility index (Phi) is 6.85. The van der Waals surface area contributed by atoms with E-state index >= 15 is 0 Å². The van der Waals surface area contributed by atoms with Crippen LogP contribution in [0.2, 0.25) is 5.02 Å². The lowest BCUT2D eigenvalue weighted by Crippen LogP contribution is -2.42. The molecule has 0 atom stereocenters. The molecule has 8 heteroatoms.